The maximum Gasteiger partial charge on any atom is 0.0699 e. The zero-order valence-corrected chi connectivity index (χ0v) is 9.63. The number of ether oxygens (including phenoxy) is 1. The Hall–Kier alpha value is -0.120. The van der Waals surface area contributed by atoms with Gasteiger partial charge in [0.05, 0.1) is 6.10 Å². The second-order valence-electron chi connectivity index (χ2n) is 5.18. The van der Waals surface area contributed by atoms with Gasteiger partial charge in [0.15, 0.2) is 0 Å². The van der Waals surface area contributed by atoms with Crippen molar-refractivity contribution in [3.63, 3.8) is 0 Å². The summed E-state index contributed by atoms with van der Waals surface area (Å²) in [4.78, 5) is 0. The summed E-state index contributed by atoms with van der Waals surface area (Å²) in [6.07, 6.45) is 8.22. The molecule has 1 saturated carbocycles. The topological polar surface area (TPSA) is 47.3 Å². The lowest BCUT2D eigenvalue weighted by molar-refractivity contribution is 0.0135. The molecule has 0 spiro atoms. The molecule has 1 heterocycles. The van der Waals surface area contributed by atoms with Crippen molar-refractivity contribution in [3.8, 4) is 0 Å². The van der Waals surface area contributed by atoms with E-state index < -0.39 is 0 Å². The normalized spacial score (nSPS) is 29.8. The molecule has 3 heteroatoms. The largest absolute Gasteiger partial charge is 0.377 e. The van der Waals surface area contributed by atoms with Crippen LogP contribution < -0.4 is 11.1 Å². The molecule has 3 N–H and O–H groups in total. The molecular formula is C12H24N2O. The Labute approximate surface area is 92.7 Å². The molecule has 2 rings (SSSR count). The van der Waals surface area contributed by atoms with E-state index in [0.717, 1.165) is 26.2 Å². The van der Waals surface area contributed by atoms with Crippen LogP contribution >= 0.6 is 0 Å². The molecule has 2 aliphatic rings. The second kappa shape index (κ2) is 5.28. The van der Waals surface area contributed by atoms with E-state index >= 15 is 0 Å². The van der Waals surface area contributed by atoms with E-state index in [1.807, 2.05) is 0 Å². The number of hydrogen-bond acceptors (Lipinski definition) is 3. The van der Waals surface area contributed by atoms with Crippen molar-refractivity contribution in [1.29, 1.82) is 0 Å². The lowest BCUT2D eigenvalue weighted by atomic mass is 9.69. The summed E-state index contributed by atoms with van der Waals surface area (Å²) < 4.78 is 5.68. The maximum absolute atomic E-state index is 5.82. The van der Waals surface area contributed by atoms with Crippen LogP contribution in [0, 0.1) is 5.41 Å². The third-order valence-electron chi connectivity index (χ3n) is 3.99. The molecule has 0 radical (unpaired) electrons. The van der Waals surface area contributed by atoms with Crippen molar-refractivity contribution in [2.24, 2.45) is 11.1 Å². The molecule has 3 nitrogen and oxygen atoms in total. The molecule has 0 bridgehead atoms. The standard InChI is InChI=1S/C12H24N2O/c13-9-12(5-3-6-12)10-14-8-11-4-1-2-7-15-11/h11,14H,1-10,13H2. The highest BCUT2D eigenvalue weighted by atomic mass is 16.5. The van der Waals surface area contributed by atoms with Gasteiger partial charge in [0.1, 0.15) is 0 Å². The van der Waals surface area contributed by atoms with Gasteiger partial charge in [-0.15, -0.1) is 0 Å². The molecule has 0 aromatic rings. The molecule has 2 fully saturated rings. The average Bonchev–Trinajstić information content (AvgIpc) is 2.24. The van der Waals surface area contributed by atoms with Crippen LogP contribution in [0.15, 0.2) is 0 Å². The van der Waals surface area contributed by atoms with E-state index in [4.69, 9.17) is 10.5 Å². The van der Waals surface area contributed by atoms with Gasteiger partial charge in [-0.2, -0.15) is 0 Å². The van der Waals surface area contributed by atoms with E-state index in [1.54, 1.807) is 0 Å². The van der Waals surface area contributed by atoms with Gasteiger partial charge in [-0.3, -0.25) is 0 Å². The lowest BCUT2D eigenvalue weighted by Crippen LogP contribution is -2.47. The second-order valence-corrected chi connectivity index (χ2v) is 5.18. The molecule has 1 atom stereocenters. The third kappa shape index (κ3) is 2.92. The first-order chi connectivity index (χ1) is 7.35. The Morgan fingerprint density at radius 2 is 2.13 bits per heavy atom. The molecule has 15 heavy (non-hydrogen) atoms. The smallest absolute Gasteiger partial charge is 0.0699 e. The fraction of sp³-hybridized carbons (Fsp3) is 1.00. The fourth-order valence-electron chi connectivity index (χ4n) is 2.60. The third-order valence-corrected chi connectivity index (χ3v) is 3.99. The molecule has 0 amide bonds. The van der Waals surface area contributed by atoms with Crippen LogP contribution in [0.1, 0.15) is 38.5 Å². The van der Waals surface area contributed by atoms with Crippen LogP contribution in [0.3, 0.4) is 0 Å². The van der Waals surface area contributed by atoms with E-state index in [2.05, 4.69) is 5.32 Å². The molecule has 0 aromatic heterocycles. The van der Waals surface area contributed by atoms with Crippen molar-refractivity contribution < 1.29 is 4.74 Å². The first-order valence-corrected chi connectivity index (χ1v) is 6.37. The van der Waals surface area contributed by atoms with Crippen molar-refractivity contribution in [3.05, 3.63) is 0 Å². The van der Waals surface area contributed by atoms with Gasteiger partial charge in [-0.05, 0) is 44.1 Å². The Kier molecular flexibility index (Phi) is 4.00. The summed E-state index contributed by atoms with van der Waals surface area (Å²) in [6, 6.07) is 0. The first-order valence-electron chi connectivity index (χ1n) is 6.37. The summed E-state index contributed by atoms with van der Waals surface area (Å²) in [5, 5.41) is 3.54. The van der Waals surface area contributed by atoms with Crippen molar-refractivity contribution in [2.45, 2.75) is 44.6 Å². The van der Waals surface area contributed by atoms with Crippen LogP contribution in [0.2, 0.25) is 0 Å². The predicted molar refractivity (Wildman–Crippen MR) is 61.8 cm³/mol. The van der Waals surface area contributed by atoms with Gasteiger partial charge < -0.3 is 15.8 Å². The summed E-state index contributed by atoms with van der Waals surface area (Å²) >= 11 is 0. The summed E-state index contributed by atoms with van der Waals surface area (Å²) in [7, 11) is 0. The van der Waals surface area contributed by atoms with Crippen molar-refractivity contribution in [2.75, 3.05) is 26.2 Å². The Bertz CT molecular complexity index is 181. The van der Waals surface area contributed by atoms with Gasteiger partial charge in [0.25, 0.3) is 0 Å². The van der Waals surface area contributed by atoms with E-state index in [9.17, 15) is 0 Å². The van der Waals surface area contributed by atoms with Crippen LogP contribution in [0.25, 0.3) is 0 Å². The van der Waals surface area contributed by atoms with Gasteiger partial charge in [0, 0.05) is 19.7 Å². The minimum absolute atomic E-state index is 0.425. The van der Waals surface area contributed by atoms with Crippen molar-refractivity contribution in [1.82, 2.24) is 5.32 Å². The van der Waals surface area contributed by atoms with Gasteiger partial charge >= 0.3 is 0 Å². The molecule has 0 aromatic carbocycles. The summed E-state index contributed by atoms with van der Waals surface area (Å²) in [6.45, 7) is 3.89. The van der Waals surface area contributed by atoms with Crippen LogP contribution in [0.5, 0.6) is 0 Å². The van der Waals surface area contributed by atoms with Gasteiger partial charge in [0.2, 0.25) is 0 Å². The number of nitrogens with two attached hydrogens (primary N) is 1. The Morgan fingerprint density at radius 1 is 1.27 bits per heavy atom. The number of hydrogen-bond donors (Lipinski definition) is 2. The molecule has 1 unspecified atom stereocenters. The van der Waals surface area contributed by atoms with Crippen LogP contribution in [-0.2, 0) is 4.74 Å². The van der Waals surface area contributed by atoms with E-state index in [1.165, 1.54) is 38.5 Å². The molecule has 1 aliphatic heterocycles. The quantitative estimate of drug-likeness (QED) is 0.721. The molecule has 1 saturated heterocycles. The van der Waals surface area contributed by atoms with Crippen LogP contribution in [0.4, 0.5) is 0 Å². The van der Waals surface area contributed by atoms with E-state index in [-0.39, 0.29) is 0 Å². The predicted octanol–water partition coefficient (Wildman–Crippen LogP) is 1.27. The molecule has 1 aliphatic carbocycles. The average molecular weight is 212 g/mol. The van der Waals surface area contributed by atoms with Crippen molar-refractivity contribution >= 4 is 0 Å². The highest BCUT2D eigenvalue weighted by molar-refractivity contribution is 4.90. The van der Waals surface area contributed by atoms with E-state index in [0.29, 0.717) is 11.5 Å². The minimum Gasteiger partial charge on any atom is -0.377 e. The van der Waals surface area contributed by atoms with Gasteiger partial charge in [-0.1, -0.05) is 6.42 Å². The zero-order valence-electron chi connectivity index (χ0n) is 9.63. The Morgan fingerprint density at radius 3 is 2.67 bits per heavy atom. The molecule has 88 valence electrons. The monoisotopic (exact) mass is 212 g/mol. The first kappa shape index (κ1) is 11.4. The molecular weight excluding hydrogens is 188 g/mol. The maximum atomic E-state index is 5.82. The zero-order chi connectivity index (χ0) is 10.6. The van der Waals surface area contributed by atoms with Crippen LogP contribution in [-0.4, -0.2) is 32.3 Å². The minimum atomic E-state index is 0.425. The Balaban J connectivity index is 1.61. The fourth-order valence-corrected chi connectivity index (χ4v) is 2.60. The lowest BCUT2D eigenvalue weighted by Gasteiger charge is -2.41. The SMILES string of the molecule is NCC1(CNCC2CCCCO2)CCC1. The van der Waals surface area contributed by atoms with Gasteiger partial charge in [-0.25, -0.2) is 0 Å². The number of nitrogens with one attached hydrogen (secondary N) is 1. The summed E-state index contributed by atoms with van der Waals surface area (Å²) in [5.74, 6) is 0. The summed E-state index contributed by atoms with van der Waals surface area (Å²) in [5.41, 5.74) is 6.24. The highest BCUT2D eigenvalue weighted by Gasteiger charge is 2.35. The highest BCUT2D eigenvalue weighted by Crippen LogP contribution is 2.39. The number of rotatable bonds is 5.